The van der Waals surface area contributed by atoms with E-state index in [1.807, 2.05) is 49.4 Å². The largest absolute Gasteiger partial charge is 0.390 e. The van der Waals surface area contributed by atoms with Crippen LogP contribution in [0.4, 0.5) is 13.2 Å². The number of benzene rings is 2. The van der Waals surface area contributed by atoms with Crippen molar-refractivity contribution in [1.29, 1.82) is 0 Å². The summed E-state index contributed by atoms with van der Waals surface area (Å²) in [5, 5.41) is 3.01. The molecule has 1 N–H and O–H groups in total. The second kappa shape index (κ2) is 6.76. The molecule has 0 bridgehead atoms. The van der Waals surface area contributed by atoms with E-state index in [-0.39, 0.29) is 0 Å². The lowest BCUT2D eigenvalue weighted by molar-refractivity contribution is -0.140. The zero-order chi connectivity index (χ0) is 15.3. The minimum absolute atomic E-state index is 0.412. The van der Waals surface area contributed by atoms with Crippen LogP contribution in [0, 0.1) is 6.92 Å². The molecule has 4 heteroatoms. The van der Waals surface area contributed by atoms with Crippen molar-refractivity contribution in [2.45, 2.75) is 32.1 Å². The molecule has 21 heavy (non-hydrogen) atoms. The molecule has 2 aromatic rings. The van der Waals surface area contributed by atoms with Gasteiger partial charge in [0.2, 0.25) is 0 Å². The molecule has 1 atom stereocenters. The van der Waals surface area contributed by atoms with Gasteiger partial charge in [0.1, 0.15) is 0 Å². The van der Waals surface area contributed by atoms with Crippen LogP contribution in [-0.2, 0) is 6.54 Å². The fourth-order valence-corrected chi connectivity index (χ4v) is 2.17. The molecular weight excluding hydrogens is 275 g/mol. The minimum atomic E-state index is -4.20. The van der Waals surface area contributed by atoms with Crippen LogP contribution < -0.4 is 5.32 Å². The Morgan fingerprint density at radius 2 is 1.57 bits per heavy atom. The average molecular weight is 293 g/mol. The molecule has 0 aliphatic heterocycles. The summed E-state index contributed by atoms with van der Waals surface area (Å²) in [6.45, 7) is 2.33. The van der Waals surface area contributed by atoms with Crippen molar-refractivity contribution in [3.63, 3.8) is 0 Å². The van der Waals surface area contributed by atoms with Crippen LogP contribution in [0.25, 0.3) is 0 Å². The highest BCUT2D eigenvalue weighted by Gasteiger charge is 2.32. The van der Waals surface area contributed by atoms with Crippen molar-refractivity contribution in [2.75, 3.05) is 0 Å². The van der Waals surface area contributed by atoms with Gasteiger partial charge in [0.15, 0.2) is 0 Å². The Kier molecular flexibility index (Phi) is 5.02. The Morgan fingerprint density at radius 3 is 2.14 bits per heavy atom. The smallest absolute Gasteiger partial charge is 0.306 e. The first-order valence-corrected chi connectivity index (χ1v) is 6.85. The monoisotopic (exact) mass is 293 g/mol. The van der Waals surface area contributed by atoms with Crippen LogP contribution in [0.15, 0.2) is 54.6 Å². The molecule has 2 aromatic carbocycles. The van der Waals surface area contributed by atoms with E-state index in [1.165, 1.54) is 0 Å². The van der Waals surface area contributed by atoms with Gasteiger partial charge in [-0.15, -0.1) is 0 Å². The SMILES string of the molecule is Cc1ccc(C(CC(F)(F)F)NCc2ccccc2)cc1. The van der Waals surface area contributed by atoms with E-state index in [0.29, 0.717) is 12.1 Å². The molecule has 1 nitrogen and oxygen atoms in total. The van der Waals surface area contributed by atoms with Crippen molar-refractivity contribution in [3.8, 4) is 0 Å². The van der Waals surface area contributed by atoms with Crippen molar-refractivity contribution in [1.82, 2.24) is 5.32 Å². The van der Waals surface area contributed by atoms with Crippen molar-refractivity contribution < 1.29 is 13.2 Å². The van der Waals surface area contributed by atoms with E-state index in [4.69, 9.17) is 0 Å². The van der Waals surface area contributed by atoms with Crippen LogP contribution in [0.3, 0.4) is 0 Å². The molecule has 0 aromatic heterocycles. The summed E-state index contributed by atoms with van der Waals surface area (Å²) >= 11 is 0. The van der Waals surface area contributed by atoms with Crippen molar-refractivity contribution in [3.05, 3.63) is 71.3 Å². The lowest BCUT2D eigenvalue weighted by Gasteiger charge is -2.21. The highest BCUT2D eigenvalue weighted by molar-refractivity contribution is 5.24. The van der Waals surface area contributed by atoms with E-state index in [2.05, 4.69) is 5.32 Å². The average Bonchev–Trinajstić information content (AvgIpc) is 2.44. The summed E-state index contributed by atoms with van der Waals surface area (Å²) < 4.78 is 38.3. The summed E-state index contributed by atoms with van der Waals surface area (Å²) in [5.74, 6) is 0. The highest BCUT2D eigenvalue weighted by Crippen LogP contribution is 2.29. The summed E-state index contributed by atoms with van der Waals surface area (Å²) in [6.07, 6.45) is -5.07. The minimum Gasteiger partial charge on any atom is -0.306 e. The Labute approximate surface area is 122 Å². The third kappa shape index (κ3) is 5.23. The van der Waals surface area contributed by atoms with Crippen LogP contribution in [0.2, 0.25) is 0 Å². The Bertz CT molecular complexity index is 546. The predicted octanol–water partition coefficient (Wildman–Crippen LogP) is 4.78. The lowest BCUT2D eigenvalue weighted by atomic mass is 10.0. The van der Waals surface area contributed by atoms with Crippen molar-refractivity contribution >= 4 is 0 Å². The van der Waals surface area contributed by atoms with Crippen molar-refractivity contribution in [2.24, 2.45) is 0 Å². The summed E-state index contributed by atoms with van der Waals surface area (Å²) in [6, 6.07) is 15.9. The maximum absolute atomic E-state index is 12.8. The Morgan fingerprint density at radius 1 is 0.952 bits per heavy atom. The summed E-state index contributed by atoms with van der Waals surface area (Å²) in [7, 11) is 0. The third-order valence-corrected chi connectivity index (χ3v) is 3.31. The topological polar surface area (TPSA) is 12.0 Å². The second-order valence-corrected chi connectivity index (χ2v) is 5.15. The third-order valence-electron chi connectivity index (χ3n) is 3.31. The number of aryl methyl sites for hydroxylation is 1. The second-order valence-electron chi connectivity index (χ2n) is 5.15. The standard InChI is InChI=1S/C17H18F3N/c1-13-7-9-15(10-8-13)16(11-17(18,19)20)21-12-14-5-3-2-4-6-14/h2-10,16,21H,11-12H2,1H3. The van der Waals surface area contributed by atoms with E-state index < -0.39 is 18.6 Å². The first kappa shape index (κ1) is 15.6. The molecule has 0 radical (unpaired) electrons. The molecular formula is C17H18F3N. The number of halogens is 3. The molecule has 0 spiro atoms. The first-order chi connectivity index (χ1) is 9.94. The van der Waals surface area contributed by atoms with Gasteiger partial charge in [-0.25, -0.2) is 0 Å². The predicted molar refractivity (Wildman–Crippen MR) is 77.9 cm³/mol. The van der Waals surface area contributed by atoms with Gasteiger partial charge in [0.05, 0.1) is 6.42 Å². The van der Waals surface area contributed by atoms with Gasteiger partial charge in [-0.05, 0) is 18.1 Å². The Balaban J connectivity index is 2.10. The zero-order valence-electron chi connectivity index (χ0n) is 11.8. The van der Waals surface area contributed by atoms with Crippen LogP contribution in [0.5, 0.6) is 0 Å². The molecule has 2 rings (SSSR count). The number of rotatable bonds is 5. The number of nitrogens with one attached hydrogen (secondary N) is 1. The van der Waals surface area contributed by atoms with E-state index in [1.54, 1.807) is 12.1 Å². The van der Waals surface area contributed by atoms with Gasteiger partial charge >= 0.3 is 6.18 Å². The summed E-state index contributed by atoms with van der Waals surface area (Å²) in [5.41, 5.74) is 2.67. The van der Waals surface area contributed by atoms with Crippen LogP contribution >= 0.6 is 0 Å². The lowest BCUT2D eigenvalue weighted by Crippen LogP contribution is -2.26. The van der Waals surface area contributed by atoms with Gasteiger partial charge in [0.25, 0.3) is 0 Å². The van der Waals surface area contributed by atoms with Crippen LogP contribution in [-0.4, -0.2) is 6.18 Å². The quantitative estimate of drug-likeness (QED) is 0.836. The molecule has 0 fully saturated rings. The normalized spacial score (nSPS) is 13.1. The van der Waals surface area contributed by atoms with E-state index in [0.717, 1.165) is 11.1 Å². The van der Waals surface area contributed by atoms with Gasteiger partial charge in [-0.3, -0.25) is 0 Å². The fraction of sp³-hybridized carbons (Fsp3) is 0.294. The maximum atomic E-state index is 12.8. The molecule has 112 valence electrons. The molecule has 0 amide bonds. The Hall–Kier alpha value is -1.81. The fourth-order valence-electron chi connectivity index (χ4n) is 2.17. The molecule has 0 saturated heterocycles. The number of hydrogen-bond acceptors (Lipinski definition) is 1. The van der Waals surface area contributed by atoms with Gasteiger partial charge < -0.3 is 5.32 Å². The number of hydrogen-bond donors (Lipinski definition) is 1. The highest BCUT2D eigenvalue weighted by atomic mass is 19.4. The van der Waals surface area contributed by atoms with E-state index in [9.17, 15) is 13.2 Å². The van der Waals surface area contributed by atoms with Gasteiger partial charge in [-0.1, -0.05) is 60.2 Å². The van der Waals surface area contributed by atoms with Gasteiger partial charge in [-0.2, -0.15) is 13.2 Å². The zero-order valence-corrected chi connectivity index (χ0v) is 11.8. The molecule has 0 saturated carbocycles. The molecule has 0 aliphatic carbocycles. The molecule has 0 aliphatic rings. The molecule has 1 unspecified atom stereocenters. The van der Waals surface area contributed by atoms with Crippen LogP contribution in [0.1, 0.15) is 29.2 Å². The maximum Gasteiger partial charge on any atom is 0.390 e. The molecule has 0 heterocycles. The van der Waals surface area contributed by atoms with E-state index >= 15 is 0 Å². The van der Waals surface area contributed by atoms with Gasteiger partial charge in [0, 0.05) is 12.6 Å². The summed E-state index contributed by atoms with van der Waals surface area (Å²) in [4.78, 5) is 0. The first-order valence-electron chi connectivity index (χ1n) is 6.85. The number of alkyl halides is 3.